The topological polar surface area (TPSA) is 86.2 Å². The van der Waals surface area contributed by atoms with Gasteiger partial charge in [-0.2, -0.15) is 5.26 Å². The summed E-state index contributed by atoms with van der Waals surface area (Å²) in [5, 5.41) is 26.2. The van der Waals surface area contributed by atoms with Gasteiger partial charge in [-0.05, 0) is 30.2 Å². The molecular weight excluding hydrogens is 302 g/mol. The fourth-order valence-electron chi connectivity index (χ4n) is 2.48. The van der Waals surface area contributed by atoms with E-state index >= 15 is 0 Å². The first-order valence-electron chi connectivity index (χ1n) is 7.85. The highest BCUT2D eigenvalue weighted by Gasteiger charge is 2.14. The number of nitrogens with one attached hydrogen (secondary N) is 1. The van der Waals surface area contributed by atoms with Crippen LogP contribution in [-0.4, -0.2) is 32.4 Å². The van der Waals surface area contributed by atoms with Crippen LogP contribution in [0, 0.1) is 17.2 Å². The lowest BCUT2D eigenvalue weighted by atomic mass is 10.1. The highest BCUT2D eigenvalue weighted by molar-refractivity contribution is 5.64. The molecule has 2 aromatic heterocycles. The summed E-state index contributed by atoms with van der Waals surface area (Å²) in [6, 6.07) is 13.1. The standard InChI is InChI=1S/C18H19N5O/c1-12(2)15(11-24)21-17-7-8-18-20-10-16(23(18)22-17)14-5-3-13(9-19)4-6-14/h3-8,10,12,15,24H,11H2,1-2H3,(H,21,22)/t15-/m1/s1. The number of aromatic nitrogens is 3. The van der Waals surface area contributed by atoms with Crippen molar-refractivity contribution in [2.45, 2.75) is 19.9 Å². The number of hydrogen-bond acceptors (Lipinski definition) is 5. The van der Waals surface area contributed by atoms with E-state index in [2.05, 4.69) is 21.5 Å². The number of anilines is 1. The predicted octanol–water partition coefficient (Wildman–Crippen LogP) is 2.70. The molecule has 0 saturated heterocycles. The lowest BCUT2D eigenvalue weighted by Crippen LogP contribution is -2.30. The number of benzene rings is 1. The van der Waals surface area contributed by atoms with Crippen LogP contribution in [0.1, 0.15) is 19.4 Å². The molecule has 0 fully saturated rings. The molecule has 1 atom stereocenters. The van der Waals surface area contributed by atoms with Crippen LogP contribution in [0.5, 0.6) is 0 Å². The Labute approximate surface area is 140 Å². The van der Waals surface area contributed by atoms with Gasteiger partial charge in [0.2, 0.25) is 0 Å². The number of imidazole rings is 1. The summed E-state index contributed by atoms with van der Waals surface area (Å²) in [6.07, 6.45) is 1.76. The Balaban J connectivity index is 1.98. The molecule has 24 heavy (non-hydrogen) atoms. The minimum Gasteiger partial charge on any atom is -0.394 e. The largest absolute Gasteiger partial charge is 0.394 e. The lowest BCUT2D eigenvalue weighted by Gasteiger charge is -2.20. The first-order valence-corrected chi connectivity index (χ1v) is 7.85. The lowest BCUT2D eigenvalue weighted by molar-refractivity contribution is 0.249. The van der Waals surface area contributed by atoms with Crippen molar-refractivity contribution in [3.05, 3.63) is 48.2 Å². The number of rotatable bonds is 5. The predicted molar refractivity (Wildman–Crippen MR) is 92.5 cm³/mol. The molecule has 2 heterocycles. The van der Waals surface area contributed by atoms with Gasteiger partial charge in [0.1, 0.15) is 5.82 Å². The molecule has 0 aliphatic rings. The fraction of sp³-hybridized carbons (Fsp3) is 0.278. The molecule has 3 rings (SSSR count). The summed E-state index contributed by atoms with van der Waals surface area (Å²) in [6.45, 7) is 4.14. The molecule has 0 saturated carbocycles. The summed E-state index contributed by atoms with van der Waals surface area (Å²) in [5.41, 5.74) is 3.15. The average Bonchev–Trinajstić information content (AvgIpc) is 3.02. The molecule has 0 radical (unpaired) electrons. The molecular formula is C18H19N5O. The van der Waals surface area contributed by atoms with Gasteiger partial charge < -0.3 is 10.4 Å². The van der Waals surface area contributed by atoms with E-state index in [9.17, 15) is 5.11 Å². The fourth-order valence-corrected chi connectivity index (χ4v) is 2.48. The van der Waals surface area contributed by atoms with E-state index < -0.39 is 0 Å². The third kappa shape index (κ3) is 3.07. The van der Waals surface area contributed by atoms with Crippen molar-refractivity contribution >= 4 is 11.5 Å². The first kappa shape index (κ1) is 16.0. The third-order valence-electron chi connectivity index (χ3n) is 4.01. The summed E-state index contributed by atoms with van der Waals surface area (Å²) in [4.78, 5) is 4.37. The van der Waals surface area contributed by atoms with E-state index in [0.29, 0.717) is 11.4 Å². The molecule has 122 valence electrons. The van der Waals surface area contributed by atoms with E-state index in [4.69, 9.17) is 5.26 Å². The van der Waals surface area contributed by atoms with E-state index in [0.717, 1.165) is 16.9 Å². The normalized spacial score (nSPS) is 12.3. The Bertz CT molecular complexity index is 877. The second-order valence-corrected chi connectivity index (χ2v) is 6.00. The van der Waals surface area contributed by atoms with Crippen LogP contribution in [0.15, 0.2) is 42.6 Å². The minimum atomic E-state index is -0.0585. The van der Waals surface area contributed by atoms with Crippen molar-refractivity contribution in [3.63, 3.8) is 0 Å². The Morgan fingerprint density at radius 3 is 2.58 bits per heavy atom. The molecule has 0 spiro atoms. The molecule has 0 bridgehead atoms. The van der Waals surface area contributed by atoms with Crippen molar-refractivity contribution in [2.75, 3.05) is 11.9 Å². The smallest absolute Gasteiger partial charge is 0.154 e. The Morgan fingerprint density at radius 2 is 1.96 bits per heavy atom. The van der Waals surface area contributed by atoms with Gasteiger partial charge >= 0.3 is 0 Å². The molecule has 3 aromatic rings. The second-order valence-electron chi connectivity index (χ2n) is 6.00. The zero-order valence-corrected chi connectivity index (χ0v) is 13.6. The number of aliphatic hydroxyl groups is 1. The zero-order valence-electron chi connectivity index (χ0n) is 13.6. The number of aliphatic hydroxyl groups excluding tert-OH is 1. The summed E-state index contributed by atoms with van der Waals surface area (Å²) in [7, 11) is 0. The van der Waals surface area contributed by atoms with E-state index in [1.807, 2.05) is 38.1 Å². The van der Waals surface area contributed by atoms with Crippen molar-refractivity contribution in [2.24, 2.45) is 5.92 Å². The van der Waals surface area contributed by atoms with Gasteiger partial charge in [-0.15, -0.1) is 5.10 Å². The summed E-state index contributed by atoms with van der Waals surface area (Å²) < 4.78 is 1.76. The van der Waals surface area contributed by atoms with Gasteiger partial charge in [-0.1, -0.05) is 26.0 Å². The van der Waals surface area contributed by atoms with Crippen molar-refractivity contribution < 1.29 is 5.11 Å². The number of nitriles is 1. The second kappa shape index (κ2) is 6.69. The Hall–Kier alpha value is -2.91. The molecule has 6 heteroatoms. The van der Waals surface area contributed by atoms with Crippen LogP contribution in [-0.2, 0) is 0 Å². The van der Waals surface area contributed by atoms with Gasteiger partial charge in [0.05, 0.1) is 36.2 Å². The highest BCUT2D eigenvalue weighted by Crippen LogP contribution is 2.21. The average molecular weight is 321 g/mol. The molecule has 1 aromatic carbocycles. The van der Waals surface area contributed by atoms with Crippen molar-refractivity contribution in [1.29, 1.82) is 5.26 Å². The molecule has 0 amide bonds. The van der Waals surface area contributed by atoms with E-state index in [1.54, 1.807) is 22.8 Å². The van der Waals surface area contributed by atoms with Gasteiger partial charge in [-0.25, -0.2) is 9.50 Å². The molecule has 0 unspecified atom stereocenters. The van der Waals surface area contributed by atoms with Crippen LogP contribution in [0.3, 0.4) is 0 Å². The number of fused-ring (bicyclic) bond motifs is 1. The van der Waals surface area contributed by atoms with Crippen LogP contribution in [0.25, 0.3) is 16.9 Å². The number of nitrogens with zero attached hydrogens (tertiary/aromatic N) is 4. The van der Waals surface area contributed by atoms with Crippen LogP contribution in [0.4, 0.5) is 5.82 Å². The molecule has 6 nitrogen and oxygen atoms in total. The highest BCUT2D eigenvalue weighted by atomic mass is 16.3. The van der Waals surface area contributed by atoms with Gasteiger partial charge in [0, 0.05) is 5.56 Å². The number of hydrogen-bond donors (Lipinski definition) is 2. The van der Waals surface area contributed by atoms with Crippen LogP contribution >= 0.6 is 0 Å². The van der Waals surface area contributed by atoms with Crippen molar-refractivity contribution in [1.82, 2.24) is 14.6 Å². The summed E-state index contributed by atoms with van der Waals surface area (Å²) in [5.74, 6) is 0.969. The zero-order chi connectivity index (χ0) is 17.1. The Morgan fingerprint density at radius 1 is 1.21 bits per heavy atom. The quantitative estimate of drug-likeness (QED) is 0.754. The van der Waals surface area contributed by atoms with Gasteiger partial charge in [-0.3, -0.25) is 0 Å². The Kier molecular flexibility index (Phi) is 4.45. The van der Waals surface area contributed by atoms with Crippen LogP contribution in [0.2, 0.25) is 0 Å². The molecule has 0 aliphatic heterocycles. The maximum Gasteiger partial charge on any atom is 0.154 e. The van der Waals surface area contributed by atoms with Crippen LogP contribution < -0.4 is 5.32 Å². The minimum absolute atomic E-state index is 0.0454. The van der Waals surface area contributed by atoms with E-state index in [1.165, 1.54) is 0 Å². The maximum atomic E-state index is 9.48. The maximum absolute atomic E-state index is 9.48. The van der Waals surface area contributed by atoms with Crippen molar-refractivity contribution in [3.8, 4) is 17.3 Å². The summed E-state index contributed by atoms with van der Waals surface area (Å²) >= 11 is 0. The molecule has 0 aliphatic carbocycles. The molecule has 2 N–H and O–H groups in total. The first-order chi connectivity index (χ1) is 11.6. The monoisotopic (exact) mass is 321 g/mol. The van der Waals surface area contributed by atoms with Gasteiger partial charge in [0.15, 0.2) is 5.65 Å². The SMILES string of the molecule is CC(C)[C@@H](CO)Nc1ccc2ncc(-c3ccc(C#N)cc3)n2n1. The van der Waals surface area contributed by atoms with Gasteiger partial charge in [0.25, 0.3) is 0 Å². The van der Waals surface area contributed by atoms with E-state index in [-0.39, 0.29) is 18.6 Å². The third-order valence-corrected chi connectivity index (χ3v) is 4.01.